The number of hydrogen-bond donors (Lipinski definition) is 1. The molecule has 1 N–H and O–H groups in total. The Hall–Kier alpha value is -0.520. The van der Waals surface area contributed by atoms with Gasteiger partial charge in [0.2, 0.25) is 0 Å². The normalized spacial score (nSPS) is 21.2. The molecule has 0 bridgehead atoms. The fourth-order valence-electron chi connectivity index (χ4n) is 0.966. The highest BCUT2D eigenvalue weighted by atomic mass is 35.5. The van der Waals surface area contributed by atoms with E-state index in [4.69, 9.17) is 5.26 Å². The molecule has 0 aromatic rings. The fourth-order valence-corrected chi connectivity index (χ4v) is 0.966. The van der Waals surface area contributed by atoms with Gasteiger partial charge in [0, 0.05) is 12.1 Å². The lowest BCUT2D eigenvalue weighted by molar-refractivity contribution is 0.862. The average Bonchev–Trinajstić information content (AvgIpc) is 2.37. The molecule has 0 aliphatic carbocycles. The summed E-state index contributed by atoms with van der Waals surface area (Å²) in [5, 5.41) is 11.6. The lowest BCUT2D eigenvalue weighted by Crippen LogP contribution is -2.04. The molecule has 0 saturated carbocycles. The second-order valence-electron chi connectivity index (χ2n) is 2.27. The molecule has 0 spiro atoms. The first-order chi connectivity index (χ1) is 4.34. The van der Waals surface area contributed by atoms with Crippen LogP contribution < -0.4 is 5.32 Å². The van der Waals surface area contributed by atoms with Crippen molar-refractivity contribution in [3.8, 4) is 6.07 Å². The van der Waals surface area contributed by atoms with E-state index >= 15 is 0 Å². The summed E-state index contributed by atoms with van der Waals surface area (Å²) in [6.07, 6.45) is 1.05. The van der Waals surface area contributed by atoms with Gasteiger partial charge in [-0.1, -0.05) is 0 Å². The maximum absolute atomic E-state index is 8.46. The van der Waals surface area contributed by atoms with Crippen LogP contribution in [0, 0.1) is 11.3 Å². The zero-order chi connectivity index (χ0) is 6.69. The van der Waals surface area contributed by atoms with Gasteiger partial charge in [-0.2, -0.15) is 5.26 Å². The Bertz CT molecular complexity index is 171. The number of nitrogens with one attached hydrogen (secondary N) is 1. The Balaban J connectivity index is 0.000000810. The molecular formula is C7H11ClN2. The van der Waals surface area contributed by atoms with Gasteiger partial charge >= 0.3 is 0 Å². The standard InChI is InChI=1S/C7H10N2.ClH/c1-6(4-8)7-2-3-9-5-7;/h9H,2-3,5H2,1H3;1H/b7-6-;. The lowest BCUT2D eigenvalue weighted by atomic mass is 10.1. The molecule has 1 rings (SSSR count). The minimum absolute atomic E-state index is 0. The van der Waals surface area contributed by atoms with E-state index in [-0.39, 0.29) is 12.4 Å². The van der Waals surface area contributed by atoms with E-state index in [1.165, 1.54) is 5.57 Å². The van der Waals surface area contributed by atoms with E-state index in [2.05, 4.69) is 11.4 Å². The topological polar surface area (TPSA) is 35.8 Å². The smallest absolute Gasteiger partial charge is 0.0944 e. The Labute approximate surface area is 67.3 Å². The van der Waals surface area contributed by atoms with Gasteiger partial charge in [-0.05, 0) is 25.5 Å². The number of hydrogen-bond acceptors (Lipinski definition) is 2. The van der Waals surface area contributed by atoms with Crippen LogP contribution in [0.1, 0.15) is 13.3 Å². The summed E-state index contributed by atoms with van der Waals surface area (Å²) in [5.41, 5.74) is 2.16. The molecular weight excluding hydrogens is 148 g/mol. The predicted molar refractivity (Wildman–Crippen MR) is 43.0 cm³/mol. The van der Waals surface area contributed by atoms with Crippen LogP contribution in [-0.4, -0.2) is 13.1 Å². The van der Waals surface area contributed by atoms with Crippen LogP contribution in [0.25, 0.3) is 0 Å². The van der Waals surface area contributed by atoms with Crippen LogP contribution in [0.3, 0.4) is 0 Å². The molecule has 0 aromatic carbocycles. The van der Waals surface area contributed by atoms with Gasteiger partial charge in [0.25, 0.3) is 0 Å². The highest BCUT2D eigenvalue weighted by molar-refractivity contribution is 5.85. The summed E-state index contributed by atoms with van der Waals surface area (Å²) >= 11 is 0. The largest absolute Gasteiger partial charge is 0.313 e. The van der Waals surface area contributed by atoms with Crippen molar-refractivity contribution < 1.29 is 0 Å². The third-order valence-corrected chi connectivity index (χ3v) is 1.64. The van der Waals surface area contributed by atoms with Gasteiger partial charge in [0.15, 0.2) is 0 Å². The molecule has 1 saturated heterocycles. The molecule has 56 valence electrons. The molecule has 0 aromatic heterocycles. The number of nitrogens with zero attached hydrogens (tertiary/aromatic N) is 1. The van der Waals surface area contributed by atoms with Gasteiger partial charge in [0.05, 0.1) is 6.07 Å². The van der Waals surface area contributed by atoms with Crippen molar-refractivity contribution in [3.05, 3.63) is 11.1 Å². The molecule has 1 aliphatic heterocycles. The molecule has 10 heavy (non-hydrogen) atoms. The number of nitriles is 1. The Kier molecular flexibility index (Phi) is 4.10. The first-order valence-corrected chi connectivity index (χ1v) is 3.14. The minimum atomic E-state index is 0. The van der Waals surface area contributed by atoms with Crippen molar-refractivity contribution in [2.45, 2.75) is 13.3 Å². The molecule has 0 amide bonds. The number of rotatable bonds is 0. The second-order valence-corrected chi connectivity index (χ2v) is 2.27. The quantitative estimate of drug-likeness (QED) is 0.539. The minimum Gasteiger partial charge on any atom is -0.313 e. The van der Waals surface area contributed by atoms with Crippen molar-refractivity contribution in [3.63, 3.8) is 0 Å². The van der Waals surface area contributed by atoms with Crippen molar-refractivity contribution in [1.29, 1.82) is 5.26 Å². The molecule has 1 heterocycles. The van der Waals surface area contributed by atoms with Crippen LogP contribution in [0.5, 0.6) is 0 Å². The lowest BCUT2D eigenvalue weighted by Gasteiger charge is -1.92. The third kappa shape index (κ3) is 2.02. The predicted octanol–water partition coefficient (Wildman–Crippen LogP) is 1.24. The van der Waals surface area contributed by atoms with Crippen LogP contribution in [-0.2, 0) is 0 Å². The van der Waals surface area contributed by atoms with Crippen molar-refractivity contribution in [2.24, 2.45) is 0 Å². The molecule has 0 radical (unpaired) electrons. The highest BCUT2D eigenvalue weighted by Gasteiger charge is 2.07. The van der Waals surface area contributed by atoms with Crippen molar-refractivity contribution in [2.75, 3.05) is 13.1 Å². The first-order valence-electron chi connectivity index (χ1n) is 3.14. The zero-order valence-electron chi connectivity index (χ0n) is 5.98. The monoisotopic (exact) mass is 158 g/mol. The summed E-state index contributed by atoms with van der Waals surface area (Å²) in [7, 11) is 0. The average molecular weight is 159 g/mol. The number of halogens is 1. The first kappa shape index (κ1) is 9.48. The van der Waals surface area contributed by atoms with E-state index in [9.17, 15) is 0 Å². The van der Waals surface area contributed by atoms with Crippen LogP contribution in [0.15, 0.2) is 11.1 Å². The summed E-state index contributed by atoms with van der Waals surface area (Å²) in [4.78, 5) is 0. The summed E-state index contributed by atoms with van der Waals surface area (Å²) in [6.45, 7) is 3.83. The molecule has 1 fully saturated rings. The van der Waals surface area contributed by atoms with Crippen LogP contribution in [0.2, 0.25) is 0 Å². The Morgan fingerprint density at radius 1 is 1.70 bits per heavy atom. The summed E-state index contributed by atoms with van der Waals surface area (Å²) in [5.74, 6) is 0. The Morgan fingerprint density at radius 2 is 2.40 bits per heavy atom. The zero-order valence-corrected chi connectivity index (χ0v) is 6.79. The van der Waals surface area contributed by atoms with Gasteiger partial charge in [0.1, 0.15) is 0 Å². The van der Waals surface area contributed by atoms with Crippen molar-refractivity contribution >= 4 is 12.4 Å². The van der Waals surface area contributed by atoms with E-state index in [1.54, 1.807) is 0 Å². The Morgan fingerprint density at radius 3 is 2.80 bits per heavy atom. The number of allylic oxidation sites excluding steroid dienone is 1. The molecule has 1 aliphatic rings. The van der Waals surface area contributed by atoms with Crippen molar-refractivity contribution in [1.82, 2.24) is 5.32 Å². The highest BCUT2D eigenvalue weighted by Crippen LogP contribution is 2.10. The molecule has 3 heteroatoms. The van der Waals surface area contributed by atoms with Gasteiger partial charge in [-0.3, -0.25) is 0 Å². The SMILES string of the molecule is C/C(C#N)=C1\CCNC1.Cl. The maximum Gasteiger partial charge on any atom is 0.0944 e. The summed E-state index contributed by atoms with van der Waals surface area (Å²) < 4.78 is 0. The van der Waals surface area contributed by atoms with Gasteiger partial charge in [-0.25, -0.2) is 0 Å². The maximum atomic E-state index is 8.46. The molecule has 2 nitrogen and oxygen atoms in total. The second kappa shape index (κ2) is 4.32. The van der Waals surface area contributed by atoms with Gasteiger partial charge in [-0.15, -0.1) is 12.4 Å². The summed E-state index contributed by atoms with van der Waals surface area (Å²) in [6, 6.07) is 2.15. The molecule has 0 unspecified atom stereocenters. The fraction of sp³-hybridized carbons (Fsp3) is 0.571. The van der Waals surface area contributed by atoms with Gasteiger partial charge < -0.3 is 5.32 Å². The van der Waals surface area contributed by atoms with E-state index in [1.807, 2.05) is 6.92 Å². The van der Waals surface area contributed by atoms with Crippen LogP contribution in [0.4, 0.5) is 0 Å². The van der Waals surface area contributed by atoms with E-state index in [0.717, 1.165) is 25.1 Å². The van der Waals surface area contributed by atoms with Crippen LogP contribution >= 0.6 is 12.4 Å². The van der Waals surface area contributed by atoms with E-state index in [0.29, 0.717) is 0 Å². The third-order valence-electron chi connectivity index (χ3n) is 1.64. The van der Waals surface area contributed by atoms with E-state index < -0.39 is 0 Å². The molecule has 0 atom stereocenters.